The maximum absolute atomic E-state index is 13.0. The minimum absolute atomic E-state index is 0.284. The lowest BCUT2D eigenvalue weighted by molar-refractivity contribution is 0.261. The Bertz CT molecular complexity index is 739. The number of nitrogens with zero attached hydrogens (tertiary/aromatic N) is 2. The average Bonchev–Trinajstić information content (AvgIpc) is 3.22. The molecule has 3 aliphatic heterocycles. The van der Waals surface area contributed by atoms with Crippen LogP contribution in [-0.2, 0) is 10.0 Å². The molecule has 0 radical (unpaired) electrons. The van der Waals surface area contributed by atoms with Crippen LogP contribution in [0, 0.1) is 0 Å². The van der Waals surface area contributed by atoms with Crippen LogP contribution in [0.4, 0.5) is 0 Å². The molecule has 1 atom stereocenters. The minimum atomic E-state index is -3.50. The summed E-state index contributed by atoms with van der Waals surface area (Å²) in [5, 5.41) is 0. The SMILES string of the molecule is O=S(=O)(c1ccc2c(c1)OCCCO2)N1CCC(N2CC=CC2)C1. The molecule has 130 valence electrons. The molecule has 0 amide bonds. The first kappa shape index (κ1) is 15.9. The fraction of sp³-hybridized carbons (Fsp3) is 0.529. The molecule has 1 aromatic rings. The molecule has 1 fully saturated rings. The van der Waals surface area contributed by atoms with E-state index in [1.165, 1.54) is 0 Å². The Balaban J connectivity index is 1.53. The lowest BCUT2D eigenvalue weighted by Gasteiger charge is -2.23. The summed E-state index contributed by atoms with van der Waals surface area (Å²) in [5.74, 6) is 1.14. The van der Waals surface area contributed by atoms with Crippen LogP contribution in [0.2, 0.25) is 0 Å². The van der Waals surface area contributed by atoms with Crippen LogP contribution in [0.5, 0.6) is 11.5 Å². The molecule has 7 heteroatoms. The molecule has 0 aliphatic carbocycles. The van der Waals surface area contributed by atoms with Gasteiger partial charge in [0, 0.05) is 44.7 Å². The molecular weight excluding hydrogens is 328 g/mol. The normalized spacial score (nSPS) is 25.1. The van der Waals surface area contributed by atoms with Crippen molar-refractivity contribution in [1.82, 2.24) is 9.21 Å². The van der Waals surface area contributed by atoms with Crippen molar-refractivity contribution in [3.63, 3.8) is 0 Å². The second-order valence-corrected chi connectivity index (χ2v) is 8.33. The van der Waals surface area contributed by atoms with E-state index in [9.17, 15) is 8.42 Å². The molecule has 24 heavy (non-hydrogen) atoms. The van der Waals surface area contributed by atoms with Gasteiger partial charge in [0.05, 0.1) is 18.1 Å². The highest BCUT2D eigenvalue weighted by molar-refractivity contribution is 7.89. The molecule has 0 aromatic heterocycles. The van der Waals surface area contributed by atoms with E-state index in [4.69, 9.17) is 9.47 Å². The zero-order chi connectivity index (χ0) is 16.6. The summed E-state index contributed by atoms with van der Waals surface area (Å²) in [7, 11) is -3.50. The van der Waals surface area contributed by atoms with Crippen LogP contribution < -0.4 is 9.47 Å². The highest BCUT2D eigenvalue weighted by Crippen LogP contribution is 2.34. The van der Waals surface area contributed by atoms with Gasteiger partial charge in [-0.1, -0.05) is 12.2 Å². The van der Waals surface area contributed by atoms with Gasteiger partial charge >= 0.3 is 0 Å². The Morgan fingerprint density at radius 3 is 2.58 bits per heavy atom. The van der Waals surface area contributed by atoms with Crippen LogP contribution in [0.25, 0.3) is 0 Å². The highest BCUT2D eigenvalue weighted by Gasteiger charge is 2.35. The van der Waals surface area contributed by atoms with Crippen molar-refractivity contribution in [3.8, 4) is 11.5 Å². The molecule has 1 unspecified atom stereocenters. The van der Waals surface area contributed by atoms with E-state index in [1.54, 1.807) is 22.5 Å². The molecule has 3 heterocycles. The molecule has 0 spiro atoms. The fourth-order valence-electron chi connectivity index (χ4n) is 3.47. The molecule has 4 rings (SSSR count). The summed E-state index contributed by atoms with van der Waals surface area (Å²) in [4.78, 5) is 2.61. The van der Waals surface area contributed by atoms with Crippen LogP contribution in [0.3, 0.4) is 0 Å². The van der Waals surface area contributed by atoms with E-state index < -0.39 is 10.0 Å². The van der Waals surface area contributed by atoms with Gasteiger partial charge in [-0.25, -0.2) is 8.42 Å². The Morgan fingerprint density at radius 2 is 1.79 bits per heavy atom. The zero-order valence-electron chi connectivity index (χ0n) is 13.6. The monoisotopic (exact) mass is 350 g/mol. The third kappa shape index (κ3) is 2.92. The van der Waals surface area contributed by atoms with Crippen LogP contribution in [0.15, 0.2) is 35.2 Å². The van der Waals surface area contributed by atoms with Gasteiger partial charge in [-0.2, -0.15) is 4.31 Å². The molecule has 0 saturated carbocycles. The van der Waals surface area contributed by atoms with Crippen molar-refractivity contribution < 1.29 is 17.9 Å². The average molecular weight is 350 g/mol. The second kappa shape index (κ2) is 6.38. The lowest BCUT2D eigenvalue weighted by atomic mass is 10.2. The molecule has 6 nitrogen and oxygen atoms in total. The first-order valence-electron chi connectivity index (χ1n) is 8.43. The van der Waals surface area contributed by atoms with Gasteiger partial charge in [-0.3, -0.25) is 4.90 Å². The topological polar surface area (TPSA) is 59.1 Å². The van der Waals surface area contributed by atoms with Crippen molar-refractivity contribution in [2.24, 2.45) is 0 Å². The van der Waals surface area contributed by atoms with Gasteiger partial charge in [-0.15, -0.1) is 0 Å². The second-order valence-electron chi connectivity index (χ2n) is 6.39. The van der Waals surface area contributed by atoms with Crippen LogP contribution >= 0.6 is 0 Å². The van der Waals surface area contributed by atoms with Gasteiger partial charge in [-0.05, 0) is 18.6 Å². The minimum Gasteiger partial charge on any atom is -0.490 e. The number of rotatable bonds is 3. The molecule has 1 aromatic carbocycles. The molecule has 1 saturated heterocycles. The van der Waals surface area contributed by atoms with Crippen molar-refractivity contribution in [3.05, 3.63) is 30.4 Å². The van der Waals surface area contributed by atoms with Gasteiger partial charge in [0.15, 0.2) is 11.5 Å². The highest BCUT2D eigenvalue weighted by atomic mass is 32.2. The van der Waals surface area contributed by atoms with E-state index >= 15 is 0 Å². The van der Waals surface area contributed by atoms with E-state index in [0.29, 0.717) is 43.8 Å². The summed E-state index contributed by atoms with van der Waals surface area (Å²) in [5.41, 5.74) is 0. The summed E-state index contributed by atoms with van der Waals surface area (Å²) in [6, 6.07) is 5.22. The van der Waals surface area contributed by atoms with E-state index in [1.807, 2.05) is 0 Å². The first-order valence-corrected chi connectivity index (χ1v) is 9.87. The Labute approximate surface area is 142 Å². The van der Waals surface area contributed by atoms with Crippen molar-refractivity contribution in [1.29, 1.82) is 0 Å². The van der Waals surface area contributed by atoms with E-state index in [2.05, 4.69) is 17.1 Å². The summed E-state index contributed by atoms with van der Waals surface area (Å²) < 4.78 is 38.7. The molecule has 0 bridgehead atoms. The molecular formula is C17H22N2O4S. The van der Waals surface area contributed by atoms with E-state index in [-0.39, 0.29) is 4.90 Å². The van der Waals surface area contributed by atoms with Crippen LogP contribution in [0.1, 0.15) is 12.8 Å². The number of ether oxygens (including phenoxy) is 2. The Hall–Kier alpha value is -1.57. The Morgan fingerprint density at radius 1 is 1.04 bits per heavy atom. The number of hydrogen-bond acceptors (Lipinski definition) is 5. The predicted octanol–water partition coefficient (Wildman–Crippen LogP) is 1.48. The fourth-order valence-corrected chi connectivity index (χ4v) is 4.98. The molecule has 3 aliphatic rings. The number of sulfonamides is 1. The summed E-state index contributed by atoms with van der Waals surface area (Å²) >= 11 is 0. The number of fused-ring (bicyclic) bond motifs is 1. The first-order chi connectivity index (χ1) is 11.6. The van der Waals surface area contributed by atoms with Crippen molar-refractivity contribution >= 4 is 10.0 Å². The van der Waals surface area contributed by atoms with Gasteiger partial charge in [0.1, 0.15) is 0 Å². The smallest absolute Gasteiger partial charge is 0.243 e. The van der Waals surface area contributed by atoms with Crippen molar-refractivity contribution in [2.45, 2.75) is 23.8 Å². The van der Waals surface area contributed by atoms with Gasteiger partial charge in [0.25, 0.3) is 0 Å². The Kier molecular flexibility index (Phi) is 4.24. The third-order valence-corrected chi connectivity index (χ3v) is 6.71. The lowest BCUT2D eigenvalue weighted by Crippen LogP contribution is -2.37. The summed E-state index contributed by atoms with van der Waals surface area (Å²) in [6.45, 7) is 4.10. The largest absolute Gasteiger partial charge is 0.490 e. The van der Waals surface area contributed by atoms with Gasteiger partial charge < -0.3 is 9.47 Å². The zero-order valence-corrected chi connectivity index (χ0v) is 14.4. The summed E-state index contributed by atoms with van der Waals surface area (Å²) in [6.07, 6.45) is 5.96. The van der Waals surface area contributed by atoms with Gasteiger partial charge in [0.2, 0.25) is 10.0 Å². The third-order valence-electron chi connectivity index (χ3n) is 4.85. The maximum atomic E-state index is 13.0. The predicted molar refractivity (Wildman–Crippen MR) is 89.9 cm³/mol. The molecule has 0 N–H and O–H groups in total. The quantitative estimate of drug-likeness (QED) is 0.773. The van der Waals surface area contributed by atoms with Crippen LogP contribution in [-0.4, -0.2) is 63.1 Å². The maximum Gasteiger partial charge on any atom is 0.243 e. The number of hydrogen-bond donors (Lipinski definition) is 0. The van der Waals surface area contributed by atoms with E-state index in [0.717, 1.165) is 25.9 Å². The number of benzene rings is 1. The standard InChI is InChI=1S/C17H22N2O4S/c20-24(21,19-9-6-14(13-19)18-7-1-2-8-18)15-4-5-16-17(12-15)23-11-3-10-22-16/h1-2,4-5,12,14H,3,6-11,13H2. The van der Waals surface area contributed by atoms with Crippen molar-refractivity contribution in [2.75, 3.05) is 39.4 Å².